The Hall–Kier alpha value is -3.74. The Kier molecular flexibility index (Phi) is 6.49. The number of amides is 2. The second-order valence-corrected chi connectivity index (χ2v) is 9.99. The molecule has 35 heavy (non-hydrogen) atoms. The van der Waals surface area contributed by atoms with Crippen molar-refractivity contribution in [2.24, 2.45) is 0 Å². The topological polar surface area (TPSA) is 66.5 Å². The number of carbonyl (C=O) groups excluding carboxylic acids is 2. The minimum Gasteiger partial charge on any atom is -0.348 e. The van der Waals surface area contributed by atoms with E-state index < -0.39 is 10.8 Å². The number of nitrogens with zero attached hydrogens (tertiary/aromatic N) is 1. The second kappa shape index (κ2) is 9.86. The standard InChI is InChI=1S/C28H21ClN2O3S/c29-22-13-10-20(11-14-22)18-31-24-16-21(27(32)30-17-19-6-2-1-3-7-19)12-15-26(24)35(34)25-9-5-4-8-23(25)28(31)33/h1-16H,17-18H2,(H,30,32)/t35-/m1/s1. The van der Waals surface area contributed by atoms with Gasteiger partial charge in [0, 0.05) is 17.1 Å². The second-order valence-electron chi connectivity index (χ2n) is 8.13. The molecule has 174 valence electrons. The summed E-state index contributed by atoms with van der Waals surface area (Å²) in [6.07, 6.45) is 0. The van der Waals surface area contributed by atoms with E-state index in [9.17, 15) is 13.8 Å². The Balaban J connectivity index is 1.54. The molecule has 0 spiro atoms. The summed E-state index contributed by atoms with van der Waals surface area (Å²) in [6.45, 7) is 0.616. The van der Waals surface area contributed by atoms with Crippen LogP contribution in [0.3, 0.4) is 0 Å². The minimum absolute atomic E-state index is 0.240. The van der Waals surface area contributed by atoms with Crippen LogP contribution in [0.15, 0.2) is 107 Å². The van der Waals surface area contributed by atoms with Crippen LogP contribution in [0.2, 0.25) is 5.02 Å². The van der Waals surface area contributed by atoms with Crippen LogP contribution in [0.4, 0.5) is 5.69 Å². The van der Waals surface area contributed by atoms with Crippen LogP contribution >= 0.6 is 11.6 Å². The number of fused-ring (bicyclic) bond motifs is 2. The third-order valence-corrected chi connectivity index (χ3v) is 7.58. The van der Waals surface area contributed by atoms with E-state index in [0.29, 0.717) is 38.2 Å². The summed E-state index contributed by atoms with van der Waals surface area (Å²) in [5.74, 6) is -0.549. The minimum atomic E-state index is -1.58. The van der Waals surface area contributed by atoms with Crippen LogP contribution < -0.4 is 10.2 Å². The molecular weight excluding hydrogens is 480 g/mol. The van der Waals surface area contributed by atoms with Gasteiger partial charge in [-0.15, -0.1) is 0 Å². The SMILES string of the molecule is O=C(NCc1ccccc1)c1ccc2c(c1)N(Cc1ccc(Cl)cc1)C(=O)c1ccccc1[S@]2=O. The molecule has 1 aliphatic heterocycles. The Labute approximate surface area is 210 Å². The fraction of sp³-hybridized carbons (Fsp3) is 0.0714. The number of carbonyl (C=O) groups is 2. The number of halogens is 1. The molecule has 1 aliphatic rings. The van der Waals surface area contributed by atoms with Gasteiger partial charge in [-0.1, -0.05) is 66.2 Å². The van der Waals surface area contributed by atoms with Crippen LogP contribution in [0.1, 0.15) is 31.8 Å². The number of hydrogen-bond acceptors (Lipinski definition) is 3. The molecule has 5 nitrogen and oxygen atoms in total. The van der Waals surface area contributed by atoms with Gasteiger partial charge in [-0.05, 0) is 53.6 Å². The Morgan fingerprint density at radius 3 is 2.31 bits per heavy atom. The fourth-order valence-electron chi connectivity index (χ4n) is 4.01. The van der Waals surface area contributed by atoms with Crippen LogP contribution in [0, 0.1) is 0 Å². The van der Waals surface area contributed by atoms with Crippen molar-refractivity contribution in [2.45, 2.75) is 22.9 Å². The van der Waals surface area contributed by atoms with Crippen molar-refractivity contribution in [3.05, 3.63) is 124 Å². The first-order valence-electron chi connectivity index (χ1n) is 11.0. The molecule has 2 amide bonds. The molecule has 0 bridgehead atoms. The Morgan fingerprint density at radius 2 is 1.54 bits per heavy atom. The van der Waals surface area contributed by atoms with Crippen LogP contribution in [-0.4, -0.2) is 16.0 Å². The van der Waals surface area contributed by atoms with Gasteiger partial charge in [0.1, 0.15) is 0 Å². The van der Waals surface area contributed by atoms with Crippen molar-refractivity contribution in [3.8, 4) is 0 Å². The quantitative estimate of drug-likeness (QED) is 0.388. The summed E-state index contributed by atoms with van der Waals surface area (Å²) in [7, 11) is -1.58. The molecule has 1 heterocycles. The van der Waals surface area contributed by atoms with Gasteiger partial charge in [0.2, 0.25) is 0 Å². The monoisotopic (exact) mass is 500 g/mol. The maximum Gasteiger partial charge on any atom is 0.259 e. The van der Waals surface area contributed by atoms with E-state index in [2.05, 4.69) is 5.32 Å². The molecule has 4 aromatic carbocycles. The number of hydrogen-bond donors (Lipinski definition) is 1. The van der Waals surface area contributed by atoms with Gasteiger partial charge < -0.3 is 10.2 Å². The lowest BCUT2D eigenvalue weighted by molar-refractivity contribution is 0.0947. The summed E-state index contributed by atoms with van der Waals surface area (Å²) >= 11 is 6.04. The molecule has 0 unspecified atom stereocenters. The lowest BCUT2D eigenvalue weighted by Crippen LogP contribution is -2.31. The molecule has 0 fully saturated rings. The molecule has 1 atom stereocenters. The molecule has 7 heteroatoms. The van der Waals surface area contributed by atoms with Crippen molar-refractivity contribution < 1.29 is 13.8 Å². The van der Waals surface area contributed by atoms with Gasteiger partial charge in [0.25, 0.3) is 11.8 Å². The third-order valence-electron chi connectivity index (χ3n) is 5.82. The lowest BCUT2D eigenvalue weighted by Gasteiger charge is -2.23. The Morgan fingerprint density at radius 1 is 0.829 bits per heavy atom. The van der Waals surface area contributed by atoms with Crippen LogP contribution in [-0.2, 0) is 23.9 Å². The van der Waals surface area contributed by atoms with E-state index in [4.69, 9.17) is 11.6 Å². The molecule has 0 radical (unpaired) electrons. The number of rotatable bonds is 5. The average molecular weight is 501 g/mol. The van der Waals surface area contributed by atoms with E-state index in [0.717, 1.165) is 11.1 Å². The van der Waals surface area contributed by atoms with Crippen molar-refractivity contribution >= 4 is 39.9 Å². The molecule has 0 saturated carbocycles. The van der Waals surface area contributed by atoms with Crippen molar-refractivity contribution in [2.75, 3.05) is 4.90 Å². The molecule has 4 aromatic rings. The van der Waals surface area contributed by atoms with E-state index in [1.54, 1.807) is 59.5 Å². The molecule has 1 N–H and O–H groups in total. The average Bonchev–Trinajstić information content (AvgIpc) is 2.98. The third kappa shape index (κ3) is 4.76. The summed E-state index contributed by atoms with van der Waals surface area (Å²) in [6, 6.07) is 28.7. The number of benzene rings is 4. The first-order valence-corrected chi connectivity index (χ1v) is 12.6. The number of anilines is 1. The van der Waals surface area contributed by atoms with Gasteiger partial charge in [-0.25, -0.2) is 4.21 Å². The van der Waals surface area contributed by atoms with E-state index in [1.807, 2.05) is 42.5 Å². The van der Waals surface area contributed by atoms with Gasteiger partial charge in [0.05, 0.1) is 38.4 Å². The smallest absolute Gasteiger partial charge is 0.259 e. The van der Waals surface area contributed by atoms with E-state index in [1.165, 1.54) is 0 Å². The molecule has 0 saturated heterocycles. The highest BCUT2D eigenvalue weighted by Gasteiger charge is 2.31. The summed E-state index contributed by atoms with van der Waals surface area (Å²) in [4.78, 5) is 29.2. The van der Waals surface area contributed by atoms with Gasteiger partial charge in [-0.3, -0.25) is 9.59 Å². The maximum absolute atomic E-state index is 13.7. The van der Waals surface area contributed by atoms with Crippen molar-refractivity contribution in [1.29, 1.82) is 0 Å². The summed E-state index contributed by atoms with van der Waals surface area (Å²) in [5.41, 5.74) is 3.05. The van der Waals surface area contributed by atoms with Crippen LogP contribution in [0.25, 0.3) is 0 Å². The summed E-state index contributed by atoms with van der Waals surface area (Å²) < 4.78 is 13.5. The summed E-state index contributed by atoms with van der Waals surface area (Å²) in [5, 5.41) is 3.51. The Bertz CT molecular complexity index is 1440. The van der Waals surface area contributed by atoms with Crippen molar-refractivity contribution in [1.82, 2.24) is 5.32 Å². The van der Waals surface area contributed by atoms with E-state index in [-0.39, 0.29) is 18.4 Å². The number of nitrogens with one attached hydrogen (secondary N) is 1. The van der Waals surface area contributed by atoms with Gasteiger partial charge in [0.15, 0.2) is 0 Å². The zero-order chi connectivity index (χ0) is 24.4. The fourth-order valence-corrected chi connectivity index (χ4v) is 5.49. The first-order chi connectivity index (χ1) is 17.0. The van der Waals surface area contributed by atoms with E-state index >= 15 is 0 Å². The predicted octanol–water partition coefficient (Wildman–Crippen LogP) is 5.60. The van der Waals surface area contributed by atoms with Crippen molar-refractivity contribution in [3.63, 3.8) is 0 Å². The first kappa shape index (κ1) is 23.0. The normalized spacial score (nSPS) is 14.6. The van der Waals surface area contributed by atoms with Crippen LogP contribution in [0.5, 0.6) is 0 Å². The molecule has 0 aromatic heterocycles. The highest BCUT2D eigenvalue weighted by molar-refractivity contribution is 7.85. The lowest BCUT2D eigenvalue weighted by atomic mass is 10.1. The highest BCUT2D eigenvalue weighted by Crippen LogP contribution is 2.36. The zero-order valence-electron chi connectivity index (χ0n) is 18.6. The predicted molar refractivity (Wildman–Crippen MR) is 137 cm³/mol. The maximum atomic E-state index is 13.7. The van der Waals surface area contributed by atoms with Gasteiger partial charge >= 0.3 is 0 Å². The highest BCUT2D eigenvalue weighted by atomic mass is 35.5. The largest absolute Gasteiger partial charge is 0.348 e. The van der Waals surface area contributed by atoms with Gasteiger partial charge in [-0.2, -0.15) is 0 Å². The molecule has 5 rings (SSSR count). The molecule has 0 aliphatic carbocycles. The molecular formula is C28H21ClN2O3S. The zero-order valence-corrected chi connectivity index (χ0v) is 20.2.